The van der Waals surface area contributed by atoms with E-state index in [0.717, 1.165) is 11.4 Å². The highest BCUT2D eigenvalue weighted by Gasteiger charge is 2.58. The normalized spacial score (nSPS) is 23.3. The second kappa shape index (κ2) is 7.90. The van der Waals surface area contributed by atoms with Crippen LogP contribution < -0.4 is 10.1 Å². The van der Waals surface area contributed by atoms with Crippen LogP contribution in [-0.4, -0.2) is 51.0 Å². The summed E-state index contributed by atoms with van der Waals surface area (Å²) in [5, 5.41) is 3.38. The lowest BCUT2D eigenvalue weighted by Gasteiger charge is -2.35. The Hall–Kier alpha value is -3.06. The van der Waals surface area contributed by atoms with Gasteiger partial charge in [-0.3, -0.25) is 0 Å². The number of rotatable bonds is 8. The molecule has 2 unspecified atom stereocenters. The van der Waals surface area contributed by atoms with Gasteiger partial charge < -0.3 is 24.3 Å². The van der Waals surface area contributed by atoms with E-state index in [0.29, 0.717) is 6.42 Å². The lowest BCUT2D eigenvalue weighted by Crippen LogP contribution is -2.48. The first-order valence-corrected chi connectivity index (χ1v) is 8.80. The average molecular weight is 385 g/mol. The summed E-state index contributed by atoms with van der Waals surface area (Å²) in [5.74, 6) is -0.513. The molecule has 0 aliphatic carbocycles. The third kappa shape index (κ3) is 3.18. The molecular formula is C21H23NO6. The number of nitrogens with one attached hydrogen (secondary N) is 1. The molecule has 0 amide bonds. The number of carbonyl (C=O) groups is 2. The third-order valence-electron chi connectivity index (χ3n) is 4.93. The van der Waals surface area contributed by atoms with Crippen LogP contribution in [0.1, 0.15) is 6.42 Å². The minimum Gasteiger partial charge on any atom is -0.497 e. The van der Waals surface area contributed by atoms with E-state index in [1.807, 2.05) is 24.3 Å². The molecule has 7 nitrogen and oxygen atoms in total. The van der Waals surface area contributed by atoms with Gasteiger partial charge in [-0.1, -0.05) is 12.2 Å². The van der Waals surface area contributed by atoms with Crippen molar-refractivity contribution >= 4 is 17.6 Å². The molecule has 1 N–H and O–H groups in total. The summed E-state index contributed by atoms with van der Waals surface area (Å²) in [4.78, 5) is 24.9. The molecule has 0 radical (unpaired) electrons. The Kier molecular flexibility index (Phi) is 5.56. The van der Waals surface area contributed by atoms with Gasteiger partial charge in [0.2, 0.25) is 0 Å². The van der Waals surface area contributed by atoms with Crippen LogP contribution in [0.25, 0.3) is 0 Å². The van der Waals surface area contributed by atoms with Crippen LogP contribution in [0, 0.1) is 0 Å². The summed E-state index contributed by atoms with van der Waals surface area (Å²) in [6, 6.07) is 6.96. The van der Waals surface area contributed by atoms with Crippen LogP contribution >= 0.6 is 0 Å². The summed E-state index contributed by atoms with van der Waals surface area (Å²) >= 11 is 0. The van der Waals surface area contributed by atoms with E-state index in [2.05, 4.69) is 11.9 Å². The topological polar surface area (TPSA) is 83.1 Å². The Morgan fingerprint density at radius 1 is 1.21 bits per heavy atom. The molecule has 3 rings (SSSR count). The maximum atomic E-state index is 12.6. The van der Waals surface area contributed by atoms with Crippen molar-refractivity contribution in [1.82, 2.24) is 0 Å². The number of carbonyl (C=O) groups excluding carboxylic acids is 2. The minimum absolute atomic E-state index is 0.155. The second-order valence-electron chi connectivity index (χ2n) is 6.41. The van der Waals surface area contributed by atoms with Crippen LogP contribution in [0.3, 0.4) is 0 Å². The second-order valence-corrected chi connectivity index (χ2v) is 6.41. The number of hydrogen-bond acceptors (Lipinski definition) is 7. The van der Waals surface area contributed by atoms with E-state index in [1.165, 1.54) is 14.2 Å². The molecule has 148 valence electrons. The number of ether oxygens (including phenoxy) is 4. The lowest BCUT2D eigenvalue weighted by molar-refractivity contribution is -0.139. The molecule has 28 heavy (non-hydrogen) atoms. The van der Waals surface area contributed by atoms with Crippen molar-refractivity contribution in [2.24, 2.45) is 0 Å². The smallest absolute Gasteiger partial charge is 0.337 e. The fourth-order valence-corrected chi connectivity index (χ4v) is 3.64. The highest BCUT2D eigenvalue weighted by Crippen LogP contribution is 2.47. The van der Waals surface area contributed by atoms with Crippen LogP contribution in [0.2, 0.25) is 0 Å². The van der Waals surface area contributed by atoms with Crippen LogP contribution in [-0.2, 0) is 23.8 Å². The van der Waals surface area contributed by atoms with Crippen molar-refractivity contribution in [3.8, 4) is 5.75 Å². The van der Waals surface area contributed by atoms with E-state index in [9.17, 15) is 9.59 Å². The monoisotopic (exact) mass is 385 g/mol. The quantitative estimate of drug-likeness (QED) is 0.543. The van der Waals surface area contributed by atoms with Gasteiger partial charge in [0.1, 0.15) is 17.5 Å². The molecule has 1 aromatic carbocycles. The number of hydrogen-bond donors (Lipinski definition) is 1. The number of esters is 2. The lowest BCUT2D eigenvalue weighted by atomic mass is 9.80. The SMILES string of the molecule is C=CC[C@@H](Nc1ccc(OC)cc1)C12C=CC(O1)C(C(=O)OC)=C2C(=O)OC. The zero-order valence-electron chi connectivity index (χ0n) is 16.1. The first-order valence-electron chi connectivity index (χ1n) is 8.80. The number of benzene rings is 1. The predicted molar refractivity (Wildman–Crippen MR) is 103 cm³/mol. The average Bonchev–Trinajstić information content (AvgIpc) is 3.30. The molecule has 0 aromatic heterocycles. The van der Waals surface area contributed by atoms with E-state index < -0.39 is 29.7 Å². The molecule has 0 saturated carbocycles. The largest absolute Gasteiger partial charge is 0.497 e. The molecule has 3 atom stereocenters. The molecule has 2 bridgehead atoms. The first kappa shape index (κ1) is 19.7. The molecule has 1 aromatic rings. The molecule has 0 spiro atoms. The zero-order chi connectivity index (χ0) is 20.3. The van der Waals surface area contributed by atoms with Crippen molar-refractivity contribution < 1.29 is 28.5 Å². The zero-order valence-corrected chi connectivity index (χ0v) is 16.1. The highest BCUT2D eigenvalue weighted by molar-refractivity contribution is 6.05. The van der Waals surface area contributed by atoms with Gasteiger partial charge in [-0.15, -0.1) is 6.58 Å². The highest BCUT2D eigenvalue weighted by atomic mass is 16.6. The third-order valence-corrected chi connectivity index (χ3v) is 4.93. The van der Waals surface area contributed by atoms with E-state index in [4.69, 9.17) is 18.9 Å². The van der Waals surface area contributed by atoms with E-state index >= 15 is 0 Å². The number of methoxy groups -OCH3 is 3. The maximum absolute atomic E-state index is 12.6. The Morgan fingerprint density at radius 3 is 2.46 bits per heavy atom. The standard InChI is InChI=1S/C21H23NO6/c1-5-6-16(22-13-7-9-14(25-2)10-8-13)21-12-11-15(28-21)17(19(23)26-3)18(21)20(24)27-4/h5,7-12,15-16,22H,1,6H2,2-4H3/t15?,16-,21?/m1/s1. The predicted octanol–water partition coefficient (Wildman–Crippen LogP) is 2.40. The maximum Gasteiger partial charge on any atom is 0.337 e. The Bertz CT molecular complexity index is 841. The van der Waals surface area contributed by atoms with Crippen LogP contribution in [0.4, 0.5) is 5.69 Å². The van der Waals surface area contributed by atoms with Gasteiger partial charge in [-0.25, -0.2) is 9.59 Å². The Balaban J connectivity index is 2.03. The fourth-order valence-electron chi connectivity index (χ4n) is 3.64. The molecule has 2 aliphatic heterocycles. The van der Waals surface area contributed by atoms with Gasteiger partial charge in [0.15, 0.2) is 0 Å². The molecule has 7 heteroatoms. The summed E-state index contributed by atoms with van der Waals surface area (Å²) in [7, 11) is 4.13. The summed E-state index contributed by atoms with van der Waals surface area (Å²) in [5.41, 5.74) is -0.0436. The van der Waals surface area contributed by atoms with Crippen molar-refractivity contribution in [1.29, 1.82) is 0 Å². The van der Waals surface area contributed by atoms with Crippen molar-refractivity contribution in [2.75, 3.05) is 26.6 Å². The first-order chi connectivity index (χ1) is 13.5. The Labute approximate surface area is 163 Å². The molecular weight excluding hydrogens is 362 g/mol. The number of anilines is 1. The van der Waals surface area contributed by atoms with Crippen molar-refractivity contribution in [2.45, 2.75) is 24.2 Å². The number of fused-ring (bicyclic) bond motifs is 2. The van der Waals surface area contributed by atoms with Crippen LogP contribution in [0.5, 0.6) is 5.75 Å². The summed E-state index contributed by atoms with van der Waals surface area (Å²) < 4.78 is 21.2. The van der Waals surface area contributed by atoms with Gasteiger partial charge in [-0.05, 0) is 36.8 Å². The molecule has 0 fully saturated rings. The van der Waals surface area contributed by atoms with Gasteiger partial charge in [0.05, 0.1) is 38.5 Å². The molecule has 2 heterocycles. The van der Waals surface area contributed by atoms with Gasteiger partial charge in [0, 0.05) is 5.69 Å². The van der Waals surface area contributed by atoms with Gasteiger partial charge in [0.25, 0.3) is 0 Å². The van der Waals surface area contributed by atoms with Crippen molar-refractivity contribution in [3.05, 3.63) is 60.2 Å². The molecule has 0 saturated heterocycles. The van der Waals surface area contributed by atoms with Crippen LogP contribution in [0.15, 0.2) is 60.2 Å². The van der Waals surface area contributed by atoms with Crippen molar-refractivity contribution in [3.63, 3.8) is 0 Å². The minimum atomic E-state index is -1.17. The van der Waals surface area contributed by atoms with E-state index in [1.54, 1.807) is 25.3 Å². The molecule has 2 aliphatic rings. The Morgan fingerprint density at radius 2 is 1.89 bits per heavy atom. The summed E-state index contributed by atoms with van der Waals surface area (Å²) in [6.45, 7) is 3.82. The summed E-state index contributed by atoms with van der Waals surface area (Å²) in [6.07, 6.45) is 5.08. The van der Waals surface area contributed by atoms with E-state index in [-0.39, 0.29) is 11.1 Å². The van der Waals surface area contributed by atoms with Gasteiger partial charge >= 0.3 is 11.9 Å². The van der Waals surface area contributed by atoms with Gasteiger partial charge in [-0.2, -0.15) is 0 Å². The fraction of sp³-hybridized carbons (Fsp3) is 0.333.